The first-order chi connectivity index (χ1) is 12.0. The van der Waals surface area contributed by atoms with Crippen molar-refractivity contribution >= 4 is 43.8 Å². The molecule has 0 atom stereocenters. The van der Waals surface area contributed by atoms with Crippen molar-refractivity contribution in [3.05, 3.63) is 80.0 Å². The number of nitrogens with zero attached hydrogens (tertiary/aromatic N) is 2. The molecular formula is C21H20Br2N2. The Bertz CT molecular complexity index is 922. The predicted octanol–water partition coefficient (Wildman–Crippen LogP) is 6.93. The van der Waals surface area contributed by atoms with Crippen LogP contribution >= 0.6 is 31.9 Å². The first kappa shape index (κ1) is 18.2. The fourth-order valence-corrected chi connectivity index (χ4v) is 3.85. The van der Waals surface area contributed by atoms with Gasteiger partial charge in [-0.1, -0.05) is 41.1 Å². The van der Waals surface area contributed by atoms with Crippen molar-refractivity contribution in [1.29, 1.82) is 0 Å². The largest absolute Gasteiger partial charge is 0.317 e. The SMILES string of the molecule is CCc1ccccc1N=Cc1c(Br)c(C)n(-c2ccc(Br)cc2)c1C. The number of rotatable bonds is 4. The maximum absolute atomic E-state index is 4.76. The van der Waals surface area contributed by atoms with E-state index in [4.69, 9.17) is 4.99 Å². The Hall–Kier alpha value is -1.65. The molecule has 25 heavy (non-hydrogen) atoms. The molecule has 0 saturated carbocycles. The number of hydrogen-bond donors (Lipinski definition) is 0. The maximum Gasteiger partial charge on any atom is 0.0661 e. The van der Waals surface area contributed by atoms with Crippen molar-refractivity contribution < 1.29 is 0 Å². The summed E-state index contributed by atoms with van der Waals surface area (Å²) in [6.07, 6.45) is 2.95. The van der Waals surface area contributed by atoms with Gasteiger partial charge in [0.1, 0.15) is 0 Å². The molecule has 2 aromatic carbocycles. The second-order valence-corrected chi connectivity index (χ2v) is 7.66. The second kappa shape index (κ2) is 7.71. The Labute approximate surface area is 165 Å². The molecule has 2 nitrogen and oxygen atoms in total. The van der Waals surface area contributed by atoms with Gasteiger partial charge in [0.25, 0.3) is 0 Å². The van der Waals surface area contributed by atoms with Gasteiger partial charge in [0.15, 0.2) is 0 Å². The minimum Gasteiger partial charge on any atom is -0.317 e. The van der Waals surface area contributed by atoms with E-state index in [1.165, 1.54) is 17.0 Å². The van der Waals surface area contributed by atoms with Crippen LogP contribution in [0.25, 0.3) is 5.69 Å². The lowest BCUT2D eigenvalue weighted by atomic mass is 10.1. The molecule has 0 fully saturated rings. The van der Waals surface area contributed by atoms with E-state index in [1.54, 1.807) is 0 Å². The second-order valence-electron chi connectivity index (χ2n) is 5.95. The zero-order valence-corrected chi connectivity index (χ0v) is 17.7. The van der Waals surface area contributed by atoms with E-state index in [2.05, 4.69) is 99.7 Å². The van der Waals surface area contributed by atoms with E-state index >= 15 is 0 Å². The van der Waals surface area contributed by atoms with Gasteiger partial charge in [0.05, 0.1) is 5.69 Å². The lowest BCUT2D eigenvalue weighted by Crippen LogP contribution is -1.99. The molecule has 0 aliphatic heterocycles. The molecule has 0 aliphatic rings. The lowest BCUT2D eigenvalue weighted by molar-refractivity contribution is 0.962. The third-order valence-corrected chi connectivity index (χ3v) is 5.93. The third kappa shape index (κ3) is 3.65. The molecule has 0 spiro atoms. The van der Waals surface area contributed by atoms with Crippen molar-refractivity contribution in [2.24, 2.45) is 4.99 Å². The number of aromatic nitrogens is 1. The van der Waals surface area contributed by atoms with Crippen LogP contribution < -0.4 is 0 Å². The standard InChI is InChI=1S/C21H20Br2N2/c1-4-16-7-5-6-8-20(16)24-13-19-14(2)25(15(3)21(19)23)18-11-9-17(22)10-12-18/h5-13H,4H2,1-3H3. The summed E-state index contributed by atoms with van der Waals surface area (Å²) in [6.45, 7) is 6.41. The molecule has 0 N–H and O–H groups in total. The highest BCUT2D eigenvalue weighted by Gasteiger charge is 2.15. The van der Waals surface area contributed by atoms with E-state index in [0.717, 1.165) is 32.3 Å². The Balaban J connectivity index is 2.05. The summed E-state index contributed by atoms with van der Waals surface area (Å²) in [5.41, 5.74) is 6.90. The monoisotopic (exact) mass is 458 g/mol. The molecule has 1 heterocycles. The minimum atomic E-state index is 0.979. The number of benzene rings is 2. The molecule has 0 amide bonds. The van der Waals surface area contributed by atoms with Crippen LogP contribution in [0.3, 0.4) is 0 Å². The van der Waals surface area contributed by atoms with Crippen molar-refractivity contribution in [3.63, 3.8) is 0 Å². The number of aliphatic imine (C=N–C) groups is 1. The van der Waals surface area contributed by atoms with E-state index < -0.39 is 0 Å². The first-order valence-electron chi connectivity index (χ1n) is 8.28. The normalized spacial score (nSPS) is 11.4. The fourth-order valence-electron chi connectivity index (χ4n) is 3.02. The average Bonchev–Trinajstić information content (AvgIpc) is 2.84. The van der Waals surface area contributed by atoms with Crippen LogP contribution in [0.15, 0.2) is 62.5 Å². The van der Waals surface area contributed by atoms with Gasteiger partial charge in [-0.05, 0) is 72.1 Å². The summed E-state index contributed by atoms with van der Waals surface area (Å²) in [6, 6.07) is 16.7. The van der Waals surface area contributed by atoms with Crippen LogP contribution in [0.1, 0.15) is 29.4 Å². The fraction of sp³-hybridized carbons (Fsp3) is 0.190. The van der Waals surface area contributed by atoms with Crippen LogP contribution in [0.2, 0.25) is 0 Å². The Kier molecular flexibility index (Phi) is 5.60. The summed E-state index contributed by atoms with van der Waals surface area (Å²) in [5.74, 6) is 0. The van der Waals surface area contributed by atoms with Crippen LogP contribution in [0, 0.1) is 13.8 Å². The molecule has 0 saturated heterocycles. The van der Waals surface area contributed by atoms with E-state index in [-0.39, 0.29) is 0 Å². The Morgan fingerprint density at radius 3 is 2.32 bits per heavy atom. The molecule has 0 radical (unpaired) electrons. The number of halogens is 2. The van der Waals surface area contributed by atoms with Crippen molar-refractivity contribution in [1.82, 2.24) is 4.57 Å². The summed E-state index contributed by atoms with van der Waals surface area (Å²) in [7, 11) is 0. The number of para-hydroxylation sites is 1. The number of aryl methyl sites for hydroxylation is 1. The molecule has 3 rings (SSSR count). The van der Waals surface area contributed by atoms with Gasteiger partial charge >= 0.3 is 0 Å². The minimum absolute atomic E-state index is 0.979. The molecule has 128 valence electrons. The molecule has 0 aliphatic carbocycles. The molecular weight excluding hydrogens is 440 g/mol. The number of hydrogen-bond acceptors (Lipinski definition) is 1. The van der Waals surface area contributed by atoms with Crippen molar-refractivity contribution in [2.75, 3.05) is 0 Å². The smallest absolute Gasteiger partial charge is 0.0661 e. The van der Waals surface area contributed by atoms with Gasteiger partial charge in [-0.25, -0.2) is 0 Å². The van der Waals surface area contributed by atoms with E-state index in [0.29, 0.717) is 0 Å². The molecule has 0 unspecified atom stereocenters. The summed E-state index contributed by atoms with van der Waals surface area (Å²) < 4.78 is 4.42. The highest BCUT2D eigenvalue weighted by Crippen LogP contribution is 2.30. The molecule has 3 aromatic rings. The maximum atomic E-state index is 4.76. The van der Waals surface area contributed by atoms with E-state index in [1.807, 2.05) is 12.3 Å². The predicted molar refractivity (Wildman–Crippen MR) is 114 cm³/mol. The highest BCUT2D eigenvalue weighted by atomic mass is 79.9. The van der Waals surface area contributed by atoms with Crippen molar-refractivity contribution in [2.45, 2.75) is 27.2 Å². The van der Waals surface area contributed by atoms with E-state index in [9.17, 15) is 0 Å². The quantitative estimate of drug-likeness (QED) is 0.376. The van der Waals surface area contributed by atoms with Crippen LogP contribution in [0.4, 0.5) is 5.69 Å². The van der Waals surface area contributed by atoms with Gasteiger partial charge in [-0.3, -0.25) is 4.99 Å². The zero-order valence-electron chi connectivity index (χ0n) is 14.6. The van der Waals surface area contributed by atoms with Gasteiger partial charge in [0, 0.05) is 37.8 Å². The lowest BCUT2D eigenvalue weighted by Gasteiger charge is -2.09. The highest BCUT2D eigenvalue weighted by molar-refractivity contribution is 9.10. The topological polar surface area (TPSA) is 17.3 Å². The third-order valence-electron chi connectivity index (χ3n) is 4.40. The molecule has 1 aromatic heterocycles. The van der Waals surface area contributed by atoms with Gasteiger partial charge in [-0.15, -0.1) is 0 Å². The summed E-state index contributed by atoms with van der Waals surface area (Å²) >= 11 is 7.25. The Morgan fingerprint density at radius 1 is 0.960 bits per heavy atom. The van der Waals surface area contributed by atoms with Gasteiger partial charge in [0.2, 0.25) is 0 Å². The first-order valence-corrected chi connectivity index (χ1v) is 9.86. The Morgan fingerprint density at radius 2 is 1.64 bits per heavy atom. The molecule has 0 bridgehead atoms. The van der Waals surface area contributed by atoms with Crippen molar-refractivity contribution in [3.8, 4) is 5.69 Å². The average molecular weight is 460 g/mol. The van der Waals surface area contributed by atoms with Gasteiger partial charge < -0.3 is 4.57 Å². The molecule has 4 heteroatoms. The van der Waals surface area contributed by atoms with Crippen LogP contribution in [0.5, 0.6) is 0 Å². The van der Waals surface area contributed by atoms with Gasteiger partial charge in [-0.2, -0.15) is 0 Å². The summed E-state index contributed by atoms with van der Waals surface area (Å²) in [4.78, 5) is 4.76. The van der Waals surface area contributed by atoms with Crippen LogP contribution in [-0.2, 0) is 6.42 Å². The zero-order chi connectivity index (χ0) is 18.0. The van der Waals surface area contributed by atoms with Crippen LogP contribution in [-0.4, -0.2) is 10.8 Å². The summed E-state index contributed by atoms with van der Waals surface area (Å²) in [5, 5.41) is 0.